The molecule has 0 bridgehead atoms. The molecule has 0 saturated heterocycles. The van der Waals surface area contributed by atoms with Crippen molar-refractivity contribution in [2.45, 2.75) is 44.1 Å². The summed E-state index contributed by atoms with van der Waals surface area (Å²) in [4.78, 5) is 14.7. The molecule has 24 heavy (non-hydrogen) atoms. The molecule has 1 aromatic heterocycles. The smallest absolute Gasteiger partial charge is 0.252 e. The summed E-state index contributed by atoms with van der Waals surface area (Å²) in [6, 6.07) is 11.2. The molecule has 2 N–H and O–H groups in total. The lowest BCUT2D eigenvalue weighted by Crippen LogP contribution is -2.38. The highest BCUT2D eigenvalue weighted by Crippen LogP contribution is 2.44. The van der Waals surface area contributed by atoms with Crippen LogP contribution < -0.4 is 5.32 Å². The first-order valence-electron chi connectivity index (χ1n) is 8.33. The first-order valence-corrected chi connectivity index (χ1v) is 9.52. The molecular formula is C19H22ClNO2S. The lowest BCUT2D eigenvalue weighted by atomic mass is 9.84. The number of halogens is 1. The Morgan fingerprint density at radius 1 is 1.29 bits per heavy atom. The molecule has 0 aliphatic heterocycles. The van der Waals surface area contributed by atoms with Gasteiger partial charge < -0.3 is 10.4 Å². The van der Waals surface area contributed by atoms with Crippen LogP contribution in [-0.2, 0) is 5.41 Å². The van der Waals surface area contributed by atoms with E-state index in [9.17, 15) is 9.90 Å². The van der Waals surface area contributed by atoms with Crippen LogP contribution in [0.2, 0.25) is 5.02 Å². The highest BCUT2D eigenvalue weighted by atomic mass is 35.5. The van der Waals surface area contributed by atoms with Gasteiger partial charge in [-0.2, -0.15) is 0 Å². The standard InChI is InChI=1S/C19H22ClNO2S/c1-13(22)16-8-9-17(24-16)19(10-4-5-11-19)12-21-18(23)14-6-2-3-7-15(14)20/h2-3,6-9,13,22H,4-5,10-12H2,1H3,(H,21,23)/t13-/m1/s1. The number of carbonyl (C=O) groups is 1. The van der Waals surface area contributed by atoms with Gasteiger partial charge >= 0.3 is 0 Å². The molecule has 0 spiro atoms. The molecule has 1 aliphatic rings. The first-order chi connectivity index (χ1) is 11.5. The Morgan fingerprint density at radius 3 is 2.62 bits per heavy atom. The normalized spacial score (nSPS) is 17.6. The van der Waals surface area contributed by atoms with E-state index < -0.39 is 6.10 Å². The zero-order valence-corrected chi connectivity index (χ0v) is 15.3. The number of benzene rings is 1. The number of thiophene rings is 1. The topological polar surface area (TPSA) is 49.3 Å². The zero-order chi connectivity index (χ0) is 17.2. The highest BCUT2D eigenvalue weighted by molar-refractivity contribution is 7.12. The molecule has 1 atom stereocenters. The molecule has 1 fully saturated rings. The molecule has 1 amide bonds. The summed E-state index contributed by atoms with van der Waals surface area (Å²) >= 11 is 7.78. The number of carbonyl (C=O) groups excluding carboxylic acids is 1. The van der Waals surface area contributed by atoms with Gasteiger partial charge in [0, 0.05) is 21.7 Å². The van der Waals surface area contributed by atoms with Crippen molar-refractivity contribution in [2.75, 3.05) is 6.54 Å². The van der Waals surface area contributed by atoms with E-state index in [-0.39, 0.29) is 11.3 Å². The van der Waals surface area contributed by atoms with E-state index in [1.54, 1.807) is 30.4 Å². The molecule has 1 aliphatic carbocycles. The van der Waals surface area contributed by atoms with Crippen LogP contribution in [0, 0.1) is 0 Å². The molecule has 1 saturated carbocycles. The largest absolute Gasteiger partial charge is 0.388 e. The van der Waals surface area contributed by atoms with Gasteiger partial charge in [0.2, 0.25) is 0 Å². The second kappa shape index (κ2) is 7.26. The Morgan fingerprint density at radius 2 is 2.00 bits per heavy atom. The Kier molecular flexibility index (Phi) is 5.28. The maximum atomic E-state index is 12.5. The first kappa shape index (κ1) is 17.5. The van der Waals surface area contributed by atoms with Crippen LogP contribution in [0.15, 0.2) is 36.4 Å². The van der Waals surface area contributed by atoms with Crippen molar-refractivity contribution >= 4 is 28.8 Å². The minimum atomic E-state index is -0.445. The summed E-state index contributed by atoms with van der Waals surface area (Å²) in [5.41, 5.74) is 0.498. The van der Waals surface area contributed by atoms with Crippen molar-refractivity contribution in [1.82, 2.24) is 5.32 Å². The summed E-state index contributed by atoms with van der Waals surface area (Å²) in [5, 5.41) is 13.3. The van der Waals surface area contributed by atoms with Gasteiger partial charge in [0.1, 0.15) is 0 Å². The number of rotatable bonds is 5. The number of aliphatic hydroxyl groups is 1. The zero-order valence-electron chi connectivity index (χ0n) is 13.7. The van der Waals surface area contributed by atoms with Crippen LogP contribution in [0.5, 0.6) is 0 Å². The lowest BCUT2D eigenvalue weighted by Gasteiger charge is -2.28. The molecule has 3 nitrogen and oxygen atoms in total. The van der Waals surface area contributed by atoms with E-state index >= 15 is 0 Å². The van der Waals surface area contributed by atoms with E-state index in [2.05, 4.69) is 11.4 Å². The fraction of sp³-hybridized carbons (Fsp3) is 0.421. The van der Waals surface area contributed by atoms with Crippen LogP contribution >= 0.6 is 22.9 Å². The number of hydrogen-bond donors (Lipinski definition) is 2. The molecule has 2 aromatic rings. The molecule has 1 aromatic carbocycles. The Bertz CT molecular complexity index is 720. The van der Waals surface area contributed by atoms with Crippen molar-refractivity contribution in [1.29, 1.82) is 0 Å². The molecule has 0 unspecified atom stereocenters. The van der Waals surface area contributed by atoms with Gasteiger partial charge in [0.25, 0.3) is 5.91 Å². The minimum Gasteiger partial charge on any atom is -0.388 e. The van der Waals surface area contributed by atoms with Gasteiger partial charge in [0.15, 0.2) is 0 Å². The van der Waals surface area contributed by atoms with E-state index in [1.807, 2.05) is 18.2 Å². The van der Waals surface area contributed by atoms with Crippen LogP contribution in [0.25, 0.3) is 0 Å². The fourth-order valence-electron chi connectivity index (χ4n) is 3.41. The minimum absolute atomic E-state index is 0.0191. The highest BCUT2D eigenvalue weighted by Gasteiger charge is 2.37. The van der Waals surface area contributed by atoms with Gasteiger partial charge in [-0.3, -0.25) is 4.79 Å². The molecular weight excluding hydrogens is 342 g/mol. The SMILES string of the molecule is C[C@@H](O)c1ccc(C2(CNC(=O)c3ccccc3Cl)CCCC2)s1. The van der Waals surface area contributed by atoms with E-state index in [0.29, 0.717) is 17.1 Å². The third kappa shape index (κ3) is 3.51. The Balaban J connectivity index is 1.77. The second-order valence-corrected chi connectivity index (χ2v) is 8.05. The van der Waals surface area contributed by atoms with Crippen molar-refractivity contribution < 1.29 is 9.90 Å². The van der Waals surface area contributed by atoms with Crippen molar-refractivity contribution in [2.24, 2.45) is 0 Å². The predicted octanol–water partition coefficient (Wildman–Crippen LogP) is 4.70. The molecule has 5 heteroatoms. The van der Waals surface area contributed by atoms with E-state index in [4.69, 9.17) is 11.6 Å². The average Bonchev–Trinajstić information content (AvgIpc) is 3.23. The van der Waals surface area contributed by atoms with Gasteiger partial charge in [0.05, 0.1) is 16.7 Å². The van der Waals surface area contributed by atoms with Gasteiger partial charge in [-0.1, -0.05) is 36.6 Å². The fourth-order valence-corrected chi connectivity index (χ4v) is 4.83. The third-order valence-corrected chi connectivity index (χ3v) is 6.66. The van der Waals surface area contributed by atoms with Crippen molar-refractivity contribution in [3.8, 4) is 0 Å². The monoisotopic (exact) mass is 363 g/mol. The summed E-state index contributed by atoms with van der Waals surface area (Å²) in [7, 11) is 0. The van der Waals surface area contributed by atoms with Gasteiger partial charge in [-0.15, -0.1) is 11.3 Å². The summed E-state index contributed by atoms with van der Waals surface area (Å²) in [5.74, 6) is -0.126. The van der Waals surface area contributed by atoms with Crippen LogP contribution in [0.3, 0.4) is 0 Å². The van der Waals surface area contributed by atoms with Crippen LogP contribution in [-0.4, -0.2) is 17.6 Å². The van der Waals surface area contributed by atoms with E-state index in [1.165, 1.54) is 17.7 Å². The van der Waals surface area contributed by atoms with Crippen molar-refractivity contribution in [3.05, 3.63) is 56.7 Å². The number of hydrogen-bond acceptors (Lipinski definition) is 3. The number of aliphatic hydroxyl groups excluding tert-OH is 1. The third-order valence-electron chi connectivity index (χ3n) is 4.83. The quantitative estimate of drug-likeness (QED) is 0.809. The molecule has 1 heterocycles. The van der Waals surface area contributed by atoms with Crippen LogP contribution in [0.4, 0.5) is 0 Å². The molecule has 3 rings (SSSR count). The summed E-state index contributed by atoms with van der Waals surface area (Å²) in [6.07, 6.45) is 4.03. The van der Waals surface area contributed by atoms with Gasteiger partial charge in [-0.05, 0) is 44.0 Å². The van der Waals surface area contributed by atoms with E-state index in [0.717, 1.165) is 17.7 Å². The van der Waals surface area contributed by atoms with Crippen molar-refractivity contribution in [3.63, 3.8) is 0 Å². The average molecular weight is 364 g/mol. The molecule has 128 valence electrons. The maximum Gasteiger partial charge on any atom is 0.252 e. The predicted molar refractivity (Wildman–Crippen MR) is 98.9 cm³/mol. The summed E-state index contributed by atoms with van der Waals surface area (Å²) < 4.78 is 0. The number of amides is 1. The number of nitrogens with one attached hydrogen (secondary N) is 1. The maximum absolute atomic E-state index is 12.5. The molecule has 0 radical (unpaired) electrons. The summed E-state index contributed by atoms with van der Waals surface area (Å²) in [6.45, 7) is 2.40. The van der Waals surface area contributed by atoms with Gasteiger partial charge in [-0.25, -0.2) is 0 Å². The lowest BCUT2D eigenvalue weighted by molar-refractivity contribution is 0.0943. The Labute approximate surface area is 151 Å². The Hall–Kier alpha value is -1.36. The van der Waals surface area contributed by atoms with Crippen LogP contribution in [0.1, 0.15) is 58.8 Å². The second-order valence-electron chi connectivity index (χ2n) is 6.53.